The maximum absolute atomic E-state index is 12.8. The molecule has 0 saturated heterocycles. The molecule has 156 valence electrons. The van der Waals surface area contributed by atoms with Crippen LogP contribution in [-0.2, 0) is 0 Å². The van der Waals surface area contributed by atoms with Crippen LogP contribution in [0.2, 0.25) is 5.02 Å². The van der Waals surface area contributed by atoms with Crippen LogP contribution in [0.15, 0.2) is 47.8 Å². The number of aromatic carboxylic acids is 1. The second-order valence-electron chi connectivity index (χ2n) is 7.44. The van der Waals surface area contributed by atoms with Crippen molar-refractivity contribution in [1.29, 1.82) is 0 Å². The quantitative estimate of drug-likeness (QED) is 0.469. The summed E-state index contributed by atoms with van der Waals surface area (Å²) in [4.78, 5) is 38.6. The highest BCUT2D eigenvalue weighted by molar-refractivity contribution is 7.15. The second kappa shape index (κ2) is 8.13. The van der Waals surface area contributed by atoms with Crippen LogP contribution in [0.3, 0.4) is 0 Å². The van der Waals surface area contributed by atoms with Gasteiger partial charge >= 0.3 is 5.97 Å². The van der Waals surface area contributed by atoms with Crippen molar-refractivity contribution in [3.63, 3.8) is 0 Å². The third-order valence-electron chi connectivity index (χ3n) is 5.14. The van der Waals surface area contributed by atoms with Crippen molar-refractivity contribution in [3.8, 4) is 0 Å². The van der Waals surface area contributed by atoms with Gasteiger partial charge in [0.05, 0.1) is 11.1 Å². The van der Waals surface area contributed by atoms with Crippen LogP contribution < -0.4 is 4.90 Å². The molecule has 0 spiro atoms. The van der Waals surface area contributed by atoms with E-state index in [1.54, 1.807) is 41.8 Å². The average Bonchev–Trinajstić information content (AvgIpc) is 3.26. The Bertz CT molecular complexity index is 1220. The van der Waals surface area contributed by atoms with Gasteiger partial charge < -0.3 is 5.11 Å². The number of nitrogens with zero attached hydrogens (tertiary/aromatic N) is 1. The number of thiophene rings is 1. The number of carbonyl (C=O) groups is 3. The number of halogens is 1. The lowest BCUT2D eigenvalue weighted by Gasteiger charge is -2.12. The molecule has 0 bridgehead atoms. The molecule has 0 unspecified atom stereocenters. The summed E-state index contributed by atoms with van der Waals surface area (Å²) >= 11 is 7.42. The molecule has 0 fully saturated rings. The zero-order chi connectivity index (χ0) is 22.3. The molecule has 5 nitrogen and oxygen atoms in total. The van der Waals surface area contributed by atoms with E-state index in [2.05, 4.69) is 13.8 Å². The molecule has 0 aliphatic carbocycles. The Morgan fingerprint density at radius 2 is 1.65 bits per heavy atom. The smallest absolute Gasteiger partial charge is 0.339 e. The number of carboxylic acids is 1. The monoisotopic (exact) mass is 451 g/mol. The molecule has 7 heteroatoms. The molecule has 2 aromatic carbocycles. The first kappa shape index (κ1) is 21.0. The molecule has 1 aliphatic rings. The van der Waals surface area contributed by atoms with Crippen molar-refractivity contribution in [2.24, 2.45) is 0 Å². The van der Waals surface area contributed by atoms with Gasteiger partial charge in [-0.15, -0.1) is 11.3 Å². The minimum absolute atomic E-state index is 0.0920. The first-order chi connectivity index (χ1) is 14.8. The van der Waals surface area contributed by atoms with Crippen molar-refractivity contribution in [2.45, 2.75) is 19.8 Å². The van der Waals surface area contributed by atoms with Gasteiger partial charge in [-0.05, 0) is 35.2 Å². The van der Waals surface area contributed by atoms with Crippen LogP contribution in [0, 0.1) is 0 Å². The van der Waals surface area contributed by atoms with Gasteiger partial charge in [-0.1, -0.05) is 61.9 Å². The van der Waals surface area contributed by atoms with Crippen LogP contribution in [0.1, 0.15) is 67.5 Å². The van der Waals surface area contributed by atoms with Crippen LogP contribution in [0.4, 0.5) is 5.00 Å². The lowest BCUT2D eigenvalue weighted by atomic mass is 10.0. The summed E-state index contributed by atoms with van der Waals surface area (Å²) in [5.41, 5.74) is 2.70. The standard InChI is InChI=1S/C24H18ClNO4S/c1-13(2)15-9-7-14(19(25)11-15)8-10-16-12-31-23(20(16)24(29)30)26-21(27)17-5-3-4-6-18(17)22(26)28/h3-13H,1-2H3,(H,29,30). The number of hydrogen-bond acceptors (Lipinski definition) is 4. The van der Waals surface area contributed by atoms with Gasteiger partial charge in [0, 0.05) is 16.0 Å². The maximum atomic E-state index is 12.8. The van der Waals surface area contributed by atoms with E-state index in [1.807, 2.05) is 18.2 Å². The van der Waals surface area contributed by atoms with Gasteiger partial charge in [-0.2, -0.15) is 0 Å². The largest absolute Gasteiger partial charge is 0.478 e. The highest BCUT2D eigenvalue weighted by atomic mass is 35.5. The fourth-order valence-electron chi connectivity index (χ4n) is 3.45. The van der Waals surface area contributed by atoms with E-state index in [0.717, 1.165) is 27.4 Å². The van der Waals surface area contributed by atoms with Crippen LogP contribution in [-0.4, -0.2) is 22.9 Å². The molecule has 1 aromatic heterocycles. The molecule has 1 N–H and O–H groups in total. The van der Waals surface area contributed by atoms with E-state index < -0.39 is 17.8 Å². The van der Waals surface area contributed by atoms with Crippen molar-refractivity contribution in [3.05, 3.63) is 86.2 Å². The number of fused-ring (bicyclic) bond motifs is 1. The molecule has 0 radical (unpaired) electrons. The number of rotatable bonds is 5. The highest BCUT2D eigenvalue weighted by Crippen LogP contribution is 2.38. The molecule has 31 heavy (non-hydrogen) atoms. The zero-order valence-corrected chi connectivity index (χ0v) is 18.3. The van der Waals surface area contributed by atoms with E-state index >= 15 is 0 Å². The predicted octanol–water partition coefficient (Wildman–Crippen LogP) is 6.19. The Kier molecular flexibility index (Phi) is 5.52. The Morgan fingerprint density at radius 1 is 1.03 bits per heavy atom. The van der Waals surface area contributed by atoms with E-state index in [1.165, 1.54) is 0 Å². The summed E-state index contributed by atoms with van der Waals surface area (Å²) in [6, 6.07) is 12.2. The Balaban J connectivity index is 1.71. The molecular formula is C24H18ClNO4S. The minimum atomic E-state index is -1.21. The van der Waals surface area contributed by atoms with Gasteiger partial charge in [0.25, 0.3) is 11.8 Å². The van der Waals surface area contributed by atoms with Gasteiger partial charge in [-0.3, -0.25) is 9.59 Å². The molecular weight excluding hydrogens is 434 g/mol. The summed E-state index contributed by atoms with van der Waals surface area (Å²) < 4.78 is 0. The van der Waals surface area contributed by atoms with Gasteiger partial charge in [0.15, 0.2) is 0 Å². The van der Waals surface area contributed by atoms with Crippen LogP contribution in [0.5, 0.6) is 0 Å². The summed E-state index contributed by atoms with van der Waals surface area (Å²) in [6.07, 6.45) is 3.37. The normalized spacial score (nSPS) is 13.5. The van der Waals surface area contributed by atoms with E-state index in [0.29, 0.717) is 16.5 Å². The predicted molar refractivity (Wildman–Crippen MR) is 123 cm³/mol. The van der Waals surface area contributed by atoms with Gasteiger partial charge in [0.2, 0.25) is 0 Å². The zero-order valence-electron chi connectivity index (χ0n) is 16.8. The summed E-state index contributed by atoms with van der Waals surface area (Å²) in [5, 5.41) is 12.1. The van der Waals surface area contributed by atoms with Crippen molar-refractivity contribution in [1.82, 2.24) is 0 Å². The Morgan fingerprint density at radius 3 is 2.19 bits per heavy atom. The van der Waals surface area contributed by atoms with Crippen LogP contribution >= 0.6 is 22.9 Å². The molecule has 0 atom stereocenters. The fourth-order valence-corrected chi connectivity index (χ4v) is 4.73. The number of carboxylic acid groups (broad SMARTS) is 1. The van der Waals surface area contributed by atoms with Gasteiger partial charge in [0.1, 0.15) is 10.6 Å². The lowest BCUT2D eigenvalue weighted by Crippen LogP contribution is -2.30. The first-order valence-corrected chi connectivity index (χ1v) is 10.9. The molecule has 2 heterocycles. The topological polar surface area (TPSA) is 74.7 Å². The third kappa shape index (κ3) is 3.69. The van der Waals surface area contributed by atoms with Crippen molar-refractivity contribution >= 4 is 57.9 Å². The number of anilines is 1. The molecule has 2 amide bonds. The SMILES string of the molecule is CC(C)c1ccc(C=Cc2csc(N3C(=O)c4ccccc4C3=O)c2C(=O)O)c(Cl)c1. The first-order valence-electron chi connectivity index (χ1n) is 9.59. The number of benzene rings is 2. The van der Waals surface area contributed by atoms with E-state index in [9.17, 15) is 19.5 Å². The van der Waals surface area contributed by atoms with Crippen molar-refractivity contribution in [2.75, 3.05) is 4.90 Å². The van der Waals surface area contributed by atoms with E-state index in [4.69, 9.17) is 11.6 Å². The second-order valence-corrected chi connectivity index (χ2v) is 8.70. The van der Waals surface area contributed by atoms with E-state index in [-0.39, 0.29) is 21.7 Å². The molecule has 4 rings (SSSR count). The number of amides is 2. The summed E-state index contributed by atoms with van der Waals surface area (Å²) in [6.45, 7) is 4.15. The molecule has 3 aromatic rings. The number of hydrogen-bond donors (Lipinski definition) is 1. The maximum Gasteiger partial charge on any atom is 0.339 e. The number of carbonyl (C=O) groups excluding carboxylic acids is 2. The molecule has 0 saturated carbocycles. The average molecular weight is 452 g/mol. The lowest BCUT2D eigenvalue weighted by molar-refractivity contribution is 0.0698. The molecule has 1 aliphatic heterocycles. The highest BCUT2D eigenvalue weighted by Gasteiger charge is 2.39. The Labute approximate surface area is 188 Å². The van der Waals surface area contributed by atoms with Crippen molar-refractivity contribution < 1.29 is 19.5 Å². The summed E-state index contributed by atoms with van der Waals surface area (Å²) in [7, 11) is 0. The van der Waals surface area contributed by atoms with Crippen LogP contribution in [0.25, 0.3) is 12.2 Å². The number of imide groups is 1. The fraction of sp³-hybridized carbons (Fsp3) is 0.125. The summed E-state index contributed by atoms with van der Waals surface area (Å²) in [5.74, 6) is -1.91. The Hall–Kier alpha value is -3.22. The third-order valence-corrected chi connectivity index (χ3v) is 6.45. The van der Waals surface area contributed by atoms with Gasteiger partial charge in [-0.25, -0.2) is 9.69 Å². The minimum Gasteiger partial charge on any atom is -0.478 e.